The fraction of sp³-hybridized carbons (Fsp3) is 0.0476. The number of rotatable bonds is 5. The second kappa shape index (κ2) is 8.61. The molecule has 0 aliphatic rings. The van der Waals surface area contributed by atoms with Crippen LogP contribution >= 0.6 is 22.9 Å². The van der Waals surface area contributed by atoms with Crippen molar-refractivity contribution in [2.75, 3.05) is 0 Å². The van der Waals surface area contributed by atoms with Crippen molar-refractivity contribution >= 4 is 34.0 Å². The molecule has 2 aromatic carbocycles. The molecule has 0 bridgehead atoms. The van der Waals surface area contributed by atoms with Crippen LogP contribution in [0.5, 0.6) is 0 Å². The van der Waals surface area contributed by atoms with Crippen molar-refractivity contribution in [2.45, 2.75) is 5.75 Å². The van der Waals surface area contributed by atoms with Crippen LogP contribution in [0.1, 0.15) is 5.56 Å². The average molecular weight is 460 g/mol. The molecule has 0 N–H and O–H groups in total. The van der Waals surface area contributed by atoms with E-state index in [4.69, 9.17) is 11.6 Å². The summed E-state index contributed by atoms with van der Waals surface area (Å²) in [5.41, 5.74) is 2.40. The minimum Gasteiger partial charge on any atom is -0.772 e. The van der Waals surface area contributed by atoms with Gasteiger partial charge in [0.05, 0.1) is 16.1 Å². The largest absolute Gasteiger partial charge is 0.772 e. The molecule has 0 saturated heterocycles. The summed E-state index contributed by atoms with van der Waals surface area (Å²) in [5, 5.41) is 4.86. The van der Waals surface area contributed by atoms with E-state index in [1.807, 2.05) is 0 Å². The number of thiophene rings is 1. The first kappa shape index (κ1) is 20.6. The van der Waals surface area contributed by atoms with Gasteiger partial charge in [-0.15, -0.1) is 11.3 Å². The van der Waals surface area contributed by atoms with Crippen LogP contribution in [0.25, 0.3) is 27.3 Å². The normalized spacial score (nSPS) is 12.1. The molecule has 0 fully saturated rings. The second-order valence-corrected chi connectivity index (χ2v) is 8.97. The van der Waals surface area contributed by atoms with Crippen LogP contribution in [0.3, 0.4) is 0 Å². The molecule has 2 aromatic heterocycles. The lowest BCUT2D eigenvalue weighted by atomic mass is 9.97. The molecule has 30 heavy (non-hydrogen) atoms. The van der Waals surface area contributed by atoms with Crippen LogP contribution in [0.2, 0.25) is 4.34 Å². The van der Waals surface area contributed by atoms with E-state index in [2.05, 4.69) is 5.10 Å². The van der Waals surface area contributed by atoms with Gasteiger partial charge in [0.15, 0.2) is 0 Å². The van der Waals surface area contributed by atoms with Gasteiger partial charge in [-0.3, -0.25) is 9.00 Å². The number of halogens is 2. The highest BCUT2D eigenvalue weighted by Gasteiger charge is 2.17. The minimum absolute atomic E-state index is 0.0932. The van der Waals surface area contributed by atoms with Crippen LogP contribution in [-0.2, 0) is 16.8 Å². The summed E-state index contributed by atoms with van der Waals surface area (Å²) >= 11 is 5.03. The van der Waals surface area contributed by atoms with Gasteiger partial charge in [-0.05, 0) is 41.0 Å². The molecule has 1 atom stereocenters. The van der Waals surface area contributed by atoms with E-state index in [9.17, 15) is 17.9 Å². The second-order valence-electron chi connectivity index (χ2n) is 6.38. The third-order valence-corrected chi connectivity index (χ3v) is 6.20. The summed E-state index contributed by atoms with van der Waals surface area (Å²) in [7, 11) is 0. The van der Waals surface area contributed by atoms with Crippen molar-refractivity contribution in [1.29, 1.82) is 0 Å². The average Bonchev–Trinajstić information content (AvgIpc) is 3.15. The van der Waals surface area contributed by atoms with Crippen molar-refractivity contribution in [3.8, 4) is 27.3 Å². The Balaban J connectivity index is 1.90. The molecule has 9 heteroatoms. The Hall–Kier alpha value is -2.65. The zero-order valence-corrected chi connectivity index (χ0v) is 17.6. The molecule has 2 heterocycles. The van der Waals surface area contributed by atoms with Crippen LogP contribution in [0.15, 0.2) is 71.7 Å². The predicted molar refractivity (Wildman–Crippen MR) is 116 cm³/mol. The Morgan fingerprint density at radius 1 is 1.03 bits per heavy atom. The first-order chi connectivity index (χ1) is 14.4. The van der Waals surface area contributed by atoms with E-state index in [-0.39, 0.29) is 11.3 Å². The maximum Gasteiger partial charge on any atom is 0.280 e. The summed E-state index contributed by atoms with van der Waals surface area (Å²) in [6, 6.07) is 15.9. The molecule has 152 valence electrons. The van der Waals surface area contributed by atoms with Gasteiger partial charge in [0.25, 0.3) is 5.56 Å². The van der Waals surface area contributed by atoms with Gasteiger partial charge in [0.1, 0.15) is 10.8 Å². The van der Waals surface area contributed by atoms with E-state index in [0.717, 1.165) is 0 Å². The number of hydrogen-bond donors (Lipinski definition) is 0. The summed E-state index contributed by atoms with van der Waals surface area (Å²) in [6.07, 6.45) is 1.56. The molecule has 0 saturated carbocycles. The predicted octanol–water partition coefficient (Wildman–Crippen LogP) is 4.80. The quantitative estimate of drug-likeness (QED) is 0.402. The number of nitrogens with zero attached hydrogens (tertiary/aromatic N) is 2. The zero-order chi connectivity index (χ0) is 21.3. The fourth-order valence-electron chi connectivity index (χ4n) is 3.06. The molecule has 4 aromatic rings. The summed E-state index contributed by atoms with van der Waals surface area (Å²) < 4.78 is 37.1. The smallest absolute Gasteiger partial charge is 0.280 e. The summed E-state index contributed by atoms with van der Waals surface area (Å²) in [4.78, 5) is 13.4. The molecular formula is C21H13ClFN2O3S2-. The minimum atomic E-state index is -2.19. The van der Waals surface area contributed by atoms with Gasteiger partial charge in [0, 0.05) is 11.3 Å². The summed E-state index contributed by atoms with van der Waals surface area (Å²) in [6.45, 7) is 0. The van der Waals surface area contributed by atoms with Crippen molar-refractivity contribution < 1.29 is 13.2 Å². The van der Waals surface area contributed by atoms with E-state index in [0.29, 0.717) is 37.2 Å². The zero-order valence-electron chi connectivity index (χ0n) is 15.2. The lowest BCUT2D eigenvalue weighted by molar-refractivity contribution is 0.536. The Bertz CT molecular complexity index is 1290. The number of benzene rings is 2. The molecule has 0 aliphatic heterocycles. The highest BCUT2D eigenvalue weighted by atomic mass is 35.5. The van der Waals surface area contributed by atoms with Crippen LogP contribution in [0, 0.1) is 5.82 Å². The topological polar surface area (TPSA) is 75.0 Å². The van der Waals surface area contributed by atoms with Crippen molar-refractivity contribution in [2.24, 2.45) is 0 Å². The Morgan fingerprint density at radius 2 is 1.70 bits per heavy atom. The highest BCUT2D eigenvalue weighted by Crippen LogP contribution is 2.31. The lowest BCUT2D eigenvalue weighted by Gasteiger charge is -2.13. The van der Waals surface area contributed by atoms with Crippen molar-refractivity contribution in [3.63, 3.8) is 0 Å². The Labute approximate surface area is 182 Å². The van der Waals surface area contributed by atoms with Crippen LogP contribution in [0.4, 0.5) is 4.39 Å². The Kier molecular flexibility index (Phi) is 5.92. The van der Waals surface area contributed by atoms with Crippen molar-refractivity contribution in [3.05, 3.63) is 92.9 Å². The van der Waals surface area contributed by atoms with E-state index in [1.54, 1.807) is 42.6 Å². The molecule has 0 radical (unpaired) electrons. The van der Waals surface area contributed by atoms with E-state index < -0.39 is 16.9 Å². The van der Waals surface area contributed by atoms with Gasteiger partial charge < -0.3 is 4.55 Å². The van der Waals surface area contributed by atoms with Gasteiger partial charge in [0.2, 0.25) is 0 Å². The molecular weight excluding hydrogens is 447 g/mol. The van der Waals surface area contributed by atoms with Crippen LogP contribution in [-0.4, -0.2) is 18.5 Å². The van der Waals surface area contributed by atoms with Crippen molar-refractivity contribution in [1.82, 2.24) is 9.78 Å². The van der Waals surface area contributed by atoms with Gasteiger partial charge in [-0.25, -0.2) is 4.39 Å². The monoisotopic (exact) mass is 459 g/mol. The number of aromatic nitrogens is 2. The third-order valence-electron chi connectivity index (χ3n) is 4.43. The fourth-order valence-corrected chi connectivity index (χ4v) is 4.51. The van der Waals surface area contributed by atoms with Gasteiger partial charge in [-0.2, -0.15) is 9.78 Å². The standard InChI is InChI=1S/C21H14ClFN2O3S2/c22-18-9-10-19(29-18)25-21(26)20(15-5-7-16(23)8-6-15)17(11-24-25)14-3-1-13(2-4-14)12-30(27)28/h1-11H,12H2,(H,27,28)/p-1. The Morgan fingerprint density at radius 3 is 2.30 bits per heavy atom. The molecule has 0 aliphatic carbocycles. The van der Waals surface area contributed by atoms with E-state index >= 15 is 0 Å². The first-order valence-corrected chi connectivity index (χ1v) is 11.2. The molecule has 4 rings (SSSR count). The third kappa shape index (κ3) is 4.27. The highest BCUT2D eigenvalue weighted by molar-refractivity contribution is 7.78. The van der Waals surface area contributed by atoms with Gasteiger partial charge in [-0.1, -0.05) is 59.1 Å². The van der Waals surface area contributed by atoms with E-state index in [1.165, 1.54) is 40.3 Å². The van der Waals surface area contributed by atoms with Gasteiger partial charge >= 0.3 is 0 Å². The maximum atomic E-state index is 13.5. The SMILES string of the molecule is O=c1c(-c2ccc(F)cc2)c(-c2ccc(CS(=O)[O-])cc2)cnn1-c1ccc(Cl)s1. The van der Waals surface area contributed by atoms with Crippen LogP contribution < -0.4 is 5.56 Å². The lowest BCUT2D eigenvalue weighted by Crippen LogP contribution is -2.22. The molecule has 5 nitrogen and oxygen atoms in total. The first-order valence-electron chi connectivity index (χ1n) is 8.71. The molecule has 1 unspecified atom stereocenters. The maximum absolute atomic E-state index is 13.5. The molecule has 0 amide bonds. The summed E-state index contributed by atoms with van der Waals surface area (Å²) in [5.74, 6) is -0.501. The molecule has 0 spiro atoms. The number of hydrogen-bond acceptors (Lipinski definition) is 5.